The molecule has 3 aromatic rings. The SMILES string of the molecule is c1ccc2c(CN3CCOCC3)c3ccccc3c(CN3CCCCC3)c2c1. The molecular formula is C25H30N2O. The normalized spacial score (nSPS) is 19.4. The molecule has 0 saturated carbocycles. The van der Waals surface area contributed by atoms with Crippen LogP contribution in [0, 0.1) is 0 Å². The molecule has 28 heavy (non-hydrogen) atoms. The van der Waals surface area contributed by atoms with E-state index in [2.05, 4.69) is 58.3 Å². The van der Waals surface area contributed by atoms with Crippen LogP contribution in [0.25, 0.3) is 21.5 Å². The predicted octanol–water partition coefficient (Wildman–Crippen LogP) is 4.81. The Kier molecular flexibility index (Phi) is 5.30. The summed E-state index contributed by atoms with van der Waals surface area (Å²) in [5.74, 6) is 0. The van der Waals surface area contributed by atoms with Crippen LogP contribution in [0.15, 0.2) is 48.5 Å². The number of rotatable bonds is 4. The Balaban J connectivity index is 1.64. The third-order valence-electron chi connectivity index (χ3n) is 6.47. The lowest BCUT2D eigenvalue weighted by molar-refractivity contribution is 0.0345. The first-order valence-corrected chi connectivity index (χ1v) is 10.8. The van der Waals surface area contributed by atoms with Gasteiger partial charge >= 0.3 is 0 Å². The molecule has 3 nitrogen and oxygen atoms in total. The Bertz CT molecular complexity index is 820. The largest absolute Gasteiger partial charge is 0.379 e. The van der Waals surface area contributed by atoms with Crippen molar-refractivity contribution in [1.82, 2.24) is 9.80 Å². The number of benzene rings is 3. The van der Waals surface area contributed by atoms with E-state index in [0.717, 1.165) is 39.4 Å². The van der Waals surface area contributed by atoms with Gasteiger partial charge < -0.3 is 4.74 Å². The highest BCUT2D eigenvalue weighted by Crippen LogP contribution is 2.35. The molecule has 2 heterocycles. The van der Waals surface area contributed by atoms with E-state index in [1.807, 2.05) is 0 Å². The summed E-state index contributed by atoms with van der Waals surface area (Å²) in [5.41, 5.74) is 2.99. The maximum absolute atomic E-state index is 5.57. The van der Waals surface area contributed by atoms with Crippen LogP contribution >= 0.6 is 0 Å². The average molecular weight is 375 g/mol. The molecule has 3 aromatic carbocycles. The van der Waals surface area contributed by atoms with Crippen molar-refractivity contribution < 1.29 is 4.74 Å². The van der Waals surface area contributed by atoms with Gasteiger partial charge in [0.15, 0.2) is 0 Å². The fourth-order valence-corrected chi connectivity index (χ4v) is 4.97. The van der Waals surface area contributed by atoms with Crippen molar-refractivity contribution in [3.8, 4) is 0 Å². The summed E-state index contributed by atoms with van der Waals surface area (Å²) in [4.78, 5) is 5.20. The molecule has 0 aromatic heterocycles. The molecule has 2 fully saturated rings. The molecule has 146 valence electrons. The molecular weight excluding hydrogens is 344 g/mol. The van der Waals surface area contributed by atoms with E-state index in [1.165, 1.54) is 65.0 Å². The highest BCUT2D eigenvalue weighted by molar-refractivity contribution is 6.05. The third kappa shape index (κ3) is 3.55. The predicted molar refractivity (Wildman–Crippen MR) is 117 cm³/mol. The van der Waals surface area contributed by atoms with Crippen molar-refractivity contribution in [2.75, 3.05) is 39.4 Å². The fraction of sp³-hybridized carbons (Fsp3) is 0.440. The number of hydrogen-bond donors (Lipinski definition) is 0. The summed E-state index contributed by atoms with van der Waals surface area (Å²) in [7, 11) is 0. The van der Waals surface area contributed by atoms with Crippen molar-refractivity contribution in [3.05, 3.63) is 59.7 Å². The second-order valence-corrected chi connectivity index (χ2v) is 8.27. The van der Waals surface area contributed by atoms with E-state index in [-0.39, 0.29) is 0 Å². The van der Waals surface area contributed by atoms with E-state index in [0.29, 0.717) is 0 Å². The molecule has 2 aliphatic heterocycles. The zero-order chi connectivity index (χ0) is 18.8. The maximum Gasteiger partial charge on any atom is 0.0594 e. The number of likely N-dealkylation sites (tertiary alicyclic amines) is 1. The van der Waals surface area contributed by atoms with Crippen molar-refractivity contribution >= 4 is 21.5 Å². The summed E-state index contributed by atoms with van der Waals surface area (Å²) in [5, 5.41) is 5.74. The Morgan fingerprint density at radius 2 is 1.00 bits per heavy atom. The van der Waals surface area contributed by atoms with Crippen molar-refractivity contribution in [3.63, 3.8) is 0 Å². The lowest BCUT2D eigenvalue weighted by Crippen LogP contribution is -2.35. The molecule has 0 unspecified atom stereocenters. The second-order valence-electron chi connectivity index (χ2n) is 8.27. The zero-order valence-electron chi connectivity index (χ0n) is 16.7. The van der Waals surface area contributed by atoms with Crippen LogP contribution in [0.5, 0.6) is 0 Å². The minimum atomic E-state index is 0.850. The maximum atomic E-state index is 5.57. The number of fused-ring (bicyclic) bond motifs is 2. The Hall–Kier alpha value is -1.94. The lowest BCUT2D eigenvalue weighted by atomic mass is 9.91. The molecule has 0 N–H and O–H groups in total. The van der Waals surface area contributed by atoms with E-state index in [4.69, 9.17) is 4.74 Å². The molecule has 0 atom stereocenters. The first kappa shape index (κ1) is 18.1. The van der Waals surface area contributed by atoms with Gasteiger partial charge in [-0.3, -0.25) is 9.80 Å². The first-order chi connectivity index (χ1) is 13.9. The van der Waals surface area contributed by atoms with E-state index in [9.17, 15) is 0 Å². The summed E-state index contributed by atoms with van der Waals surface area (Å²) in [6, 6.07) is 18.1. The summed E-state index contributed by atoms with van der Waals surface area (Å²) < 4.78 is 5.57. The minimum absolute atomic E-state index is 0.850. The van der Waals surface area contributed by atoms with Gasteiger partial charge in [-0.2, -0.15) is 0 Å². The summed E-state index contributed by atoms with van der Waals surface area (Å²) in [6.45, 7) is 8.30. The van der Waals surface area contributed by atoms with Crippen LogP contribution in [0.1, 0.15) is 30.4 Å². The van der Waals surface area contributed by atoms with E-state index < -0.39 is 0 Å². The minimum Gasteiger partial charge on any atom is -0.379 e. The third-order valence-corrected chi connectivity index (χ3v) is 6.47. The van der Waals surface area contributed by atoms with Gasteiger partial charge in [0, 0.05) is 26.2 Å². The highest BCUT2D eigenvalue weighted by Gasteiger charge is 2.19. The van der Waals surface area contributed by atoms with Crippen LogP contribution < -0.4 is 0 Å². The highest BCUT2D eigenvalue weighted by atomic mass is 16.5. The number of piperidine rings is 1. The molecule has 2 aliphatic rings. The molecule has 2 saturated heterocycles. The van der Waals surface area contributed by atoms with Crippen LogP contribution in [0.4, 0.5) is 0 Å². The molecule has 0 spiro atoms. The van der Waals surface area contributed by atoms with Gasteiger partial charge in [-0.1, -0.05) is 55.0 Å². The van der Waals surface area contributed by atoms with Crippen LogP contribution in [0.3, 0.4) is 0 Å². The molecule has 0 bridgehead atoms. The van der Waals surface area contributed by atoms with Gasteiger partial charge in [-0.05, 0) is 58.6 Å². The van der Waals surface area contributed by atoms with Crippen LogP contribution in [0.2, 0.25) is 0 Å². The van der Waals surface area contributed by atoms with E-state index in [1.54, 1.807) is 0 Å². The summed E-state index contributed by atoms with van der Waals surface area (Å²) >= 11 is 0. The zero-order valence-corrected chi connectivity index (χ0v) is 16.7. The van der Waals surface area contributed by atoms with Gasteiger partial charge in [-0.15, -0.1) is 0 Å². The molecule has 3 heteroatoms. The van der Waals surface area contributed by atoms with Crippen LogP contribution in [-0.4, -0.2) is 49.2 Å². The Morgan fingerprint density at radius 1 is 0.571 bits per heavy atom. The fourth-order valence-electron chi connectivity index (χ4n) is 4.97. The van der Waals surface area contributed by atoms with E-state index >= 15 is 0 Å². The first-order valence-electron chi connectivity index (χ1n) is 10.8. The van der Waals surface area contributed by atoms with Crippen molar-refractivity contribution in [2.45, 2.75) is 32.4 Å². The second kappa shape index (κ2) is 8.20. The monoisotopic (exact) mass is 374 g/mol. The van der Waals surface area contributed by atoms with Gasteiger partial charge in [-0.25, -0.2) is 0 Å². The molecule has 0 aliphatic carbocycles. The van der Waals surface area contributed by atoms with Gasteiger partial charge in [0.25, 0.3) is 0 Å². The van der Waals surface area contributed by atoms with Crippen molar-refractivity contribution in [2.24, 2.45) is 0 Å². The molecule has 0 radical (unpaired) electrons. The van der Waals surface area contributed by atoms with Crippen LogP contribution in [-0.2, 0) is 17.8 Å². The number of morpholine rings is 1. The van der Waals surface area contributed by atoms with Gasteiger partial charge in [0.05, 0.1) is 13.2 Å². The topological polar surface area (TPSA) is 15.7 Å². The number of ether oxygens (including phenoxy) is 1. The quantitative estimate of drug-likeness (QED) is 0.610. The number of nitrogens with zero attached hydrogens (tertiary/aromatic N) is 2. The summed E-state index contributed by atoms with van der Waals surface area (Å²) in [6.07, 6.45) is 4.06. The average Bonchev–Trinajstić information content (AvgIpc) is 2.77. The Morgan fingerprint density at radius 3 is 1.46 bits per heavy atom. The van der Waals surface area contributed by atoms with Crippen molar-refractivity contribution in [1.29, 1.82) is 0 Å². The van der Waals surface area contributed by atoms with Gasteiger partial charge in [0.1, 0.15) is 0 Å². The smallest absolute Gasteiger partial charge is 0.0594 e. The standard InChI is InChI=1S/C25H30N2O/c1-6-12-26(13-7-1)18-24-20-8-2-4-10-22(20)25(19-27-14-16-28-17-15-27)23-11-5-3-9-21(23)24/h2-5,8-11H,1,6-7,12-19H2. The lowest BCUT2D eigenvalue weighted by Gasteiger charge is -2.30. The molecule has 5 rings (SSSR count). The number of hydrogen-bond acceptors (Lipinski definition) is 3. The Labute approximate surface area is 167 Å². The van der Waals surface area contributed by atoms with Gasteiger partial charge in [0.2, 0.25) is 0 Å². The molecule has 0 amide bonds.